The number of rotatable bonds is 2. The molecule has 1 heterocycles. The molecule has 0 spiro atoms. The number of nitrogens with zero attached hydrogens (tertiary/aromatic N) is 2. The average Bonchev–Trinajstić information content (AvgIpc) is 2.27. The van der Waals surface area contributed by atoms with Crippen molar-refractivity contribution >= 4 is 5.82 Å². The van der Waals surface area contributed by atoms with Crippen molar-refractivity contribution in [3.63, 3.8) is 0 Å². The van der Waals surface area contributed by atoms with Crippen molar-refractivity contribution in [3.8, 4) is 0 Å². The minimum Gasteiger partial charge on any atom is -0.384 e. The highest BCUT2D eigenvalue weighted by atomic mass is 15.0. The molecule has 17 heavy (non-hydrogen) atoms. The van der Waals surface area contributed by atoms with Crippen LogP contribution in [-0.4, -0.2) is 9.97 Å². The second-order valence-corrected chi connectivity index (χ2v) is 5.04. The van der Waals surface area contributed by atoms with Crippen molar-refractivity contribution in [2.45, 2.75) is 64.2 Å². The zero-order valence-corrected chi connectivity index (χ0v) is 10.8. The van der Waals surface area contributed by atoms with Crippen LogP contribution < -0.4 is 5.73 Å². The van der Waals surface area contributed by atoms with E-state index in [1.807, 2.05) is 6.07 Å². The van der Waals surface area contributed by atoms with Crippen LogP contribution >= 0.6 is 0 Å². The van der Waals surface area contributed by atoms with Gasteiger partial charge in [-0.2, -0.15) is 0 Å². The van der Waals surface area contributed by atoms with Crippen molar-refractivity contribution in [1.29, 1.82) is 0 Å². The van der Waals surface area contributed by atoms with Crippen LogP contribution in [0.2, 0.25) is 0 Å². The van der Waals surface area contributed by atoms with Gasteiger partial charge in [0.25, 0.3) is 0 Å². The molecule has 2 rings (SSSR count). The van der Waals surface area contributed by atoms with E-state index in [-0.39, 0.29) is 0 Å². The smallest absolute Gasteiger partial charge is 0.134 e. The molecule has 3 heteroatoms. The highest BCUT2D eigenvalue weighted by Crippen LogP contribution is 2.29. The Bertz CT molecular complexity index is 354. The third-order valence-electron chi connectivity index (χ3n) is 3.65. The highest BCUT2D eigenvalue weighted by molar-refractivity contribution is 5.30. The quantitative estimate of drug-likeness (QED) is 0.851. The summed E-state index contributed by atoms with van der Waals surface area (Å²) in [5, 5.41) is 0. The summed E-state index contributed by atoms with van der Waals surface area (Å²) >= 11 is 0. The summed E-state index contributed by atoms with van der Waals surface area (Å²) in [6.07, 6.45) is 10.1. The third kappa shape index (κ3) is 3.42. The van der Waals surface area contributed by atoms with Crippen LogP contribution in [0.1, 0.15) is 69.3 Å². The highest BCUT2D eigenvalue weighted by Gasteiger charge is 2.17. The van der Waals surface area contributed by atoms with Gasteiger partial charge in [0.2, 0.25) is 0 Å². The van der Waals surface area contributed by atoms with Gasteiger partial charge in [-0.1, -0.05) is 39.0 Å². The van der Waals surface area contributed by atoms with E-state index >= 15 is 0 Å². The Morgan fingerprint density at radius 3 is 2.41 bits per heavy atom. The van der Waals surface area contributed by atoms with Gasteiger partial charge in [0.15, 0.2) is 0 Å². The van der Waals surface area contributed by atoms with E-state index in [0.717, 1.165) is 17.9 Å². The van der Waals surface area contributed by atoms with Crippen molar-refractivity contribution in [1.82, 2.24) is 9.97 Å². The van der Waals surface area contributed by atoms with Gasteiger partial charge in [-0.15, -0.1) is 0 Å². The van der Waals surface area contributed by atoms with E-state index in [1.54, 1.807) is 0 Å². The molecular weight excluding hydrogens is 210 g/mol. The Balaban J connectivity index is 2.15. The molecule has 0 saturated heterocycles. The number of nitrogen functional groups attached to an aromatic ring is 1. The van der Waals surface area contributed by atoms with Gasteiger partial charge in [-0.05, 0) is 19.3 Å². The normalized spacial score (nSPS) is 18.6. The van der Waals surface area contributed by atoms with Crippen LogP contribution in [0, 0.1) is 0 Å². The van der Waals surface area contributed by atoms with Crippen molar-refractivity contribution in [2.75, 3.05) is 5.73 Å². The number of aryl methyl sites for hydroxylation is 1. The summed E-state index contributed by atoms with van der Waals surface area (Å²) in [6, 6.07) is 1.90. The fourth-order valence-corrected chi connectivity index (χ4v) is 2.62. The SMILES string of the molecule is CCc1cc(N)nc(C2CCCCCCC2)n1. The number of hydrogen-bond acceptors (Lipinski definition) is 3. The summed E-state index contributed by atoms with van der Waals surface area (Å²) < 4.78 is 0. The molecule has 94 valence electrons. The molecule has 1 aromatic heterocycles. The van der Waals surface area contributed by atoms with Gasteiger partial charge in [-0.25, -0.2) is 9.97 Å². The fourth-order valence-electron chi connectivity index (χ4n) is 2.62. The second-order valence-electron chi connectivity index (χ2n) is 5.04. The van der Waals surface area contributed by atoms with E-state index in [9.17, 15) is 0 Å². The number of nitrogens with two attached hydrogens (primary N) is 1. The summed E-state index contributed by atoms with van der Waals surface area (Å²) in [5.74, 6) is 2.15. The second kappa shape index (κ2) is 5.99. The minimum absolute atomic E-state index is 0.532. The van der Waals surface area contributed by atoms with Crippen molar-refractivity contribution in [2.24, 2.45) is 0 Å². The lowest BCUT2D eigenvalue weighted by molar-refractivity contribution is 0.442. The molecular formula is C14H23N3. The topological polar surface area (TPSA) is 51.8 Å². The molecule has 2 N–H and O–H groups in total. The van der Waals surface area contributed by atoms with E-state index in [0.29, 0.717) is 11.7 Å². The number of anilines is 1. The van der Waals surface area contributed by atoms with Gasteiger partial charge in [-0.3, -0.25) is 0 Å². The molecule has 1 aliphatic rings. The molecule has 1 saturated carbocycles. The van der Waals surface area contributed by atoms with Crippen LogP contribution in [0.25, 0.3) is 0 Å². The summed E-state index contributed by atoms with van der Waals surface area (Å²) in [4.78, 5) is 9.10. The molecule has 1 aliphatic carbocycles. The van der Waals surface area contributed by atoms with Crippen LogP contribution in [0.3, 0.4) is 0 Å². The zero-order valence-electron chi connectivity index (χ0n) is 10.8. The first-order valence-electron chi connectivity index (χ1n) is 6.93. The summed E-state index contributed by atoms with van der Waals surface area (Å²) in [7, 11) is 0. The predicted molar refractivity (Wildman–Crippen MR) is 70.9 cm³/mol. The van der Waals surface area contributed by atoms with Gasteiger partial charge in [0.1, 0.15) is 11.6 Å². The van der Waals surface area contributed by atoms with Crippen LogP contribution in [0.15, 0.2) is 6.07 Å². The summed E-state index contributed by atoms with van der Waals surface area (Å²) in [5.41, 5.74) is 6.94. The van der Waals surface area contributed by atoms with Crippen LogP contribution in [0.4, 0.5) is 5.82 Å². The number of aromatic nitrogens is 2. The molecule has 3 nitrogen and oxygen atoms in total. The maximum Gasteiger partial charge on any atom is 0.134 e. The number of hydrogen-bond donors (Lipinski definition) is 1. The third-order valence-corrected chi connectivity index (χ3v) is 3.65. The molecule has 0 atom stereocenters. The van der Waals surface area contributed by atoms with E-state index in [2.05, 4.69) is 16.9 Å². The van der Waals surface area contributed by atoms with Crippen LogP contribution in [-0.2, 0) is 6.42 Å². The largest absolute Gasteiger partial charge is 0.384 e. The molecule has 0 aliphatic heterocycles. The van der Waals surface area contributed by atoms with Gasteiger partial charge < -0.3 is 5.73 Å². The van der Waals surface area contributed by atoms with Gasteiger partial charge in [0, 0.05) is 17.7 Å². The first-order valence-corrected chi connectivity index (χ1v) is 6.93. The van der Waals surface area contributed by atoms with E-state index in [4.69, 9.17) is 5.73 Å². The van der Waals surface area contributed by atoms with Crippen LogP contribution in [0.5, 0.6) is 0 Å². The lowest BCUT2D eigenvalue weighted by atomic mass is 9.90. The standard InChI is InChI=1S/C14H23N3/c1-2-12-10-13(15)17-14(16-12)11-8-6-4-3-5-7-9-11/h10-11H,2-9H2,1H3,(H2,15,16,17). The molecule has 0 unspecified atom stereocenters. The molecule has 0 bridgehead atoms. The Morgan fingerprint density at radius 2 is 1.76 bits per heavy atom. The lowest BCUT2D eigenvalue weighted by Gasteiger charge is -2.19. The molecule has 0 aromatic carbocycles. The average molecular weight is 233 g/mol. The summed E-state index contributed by atoms with van der Waals surface area (Å²) in [6.45, 7) is 2.11. The Kier molecular flexibility index (Phi) is 4.35. The molecule has 0 radical (unpaired) electrons. The van der Waals surface area contributed by atoms with Crippen molar-refractivity contribution in [3.05, 3.63) is 17.6 Å². The van der Waals surface area contributed by atoms with E-state index in [1.165, 1.54) is 44.9 Å². The Morgan fingerprint density at radius 1 is 1.12 bits per heavy atom. The fraction of sp³-hybridized carbons (Fsp3) is 0.714. The monoisotopic (exact) mass is 233 g/mol. The first kappa shape index (κ1) is 12.3. The Hall–Kier alpha value is -1.12. The zero-order chi connectivity index (χ0) is 12.1. The maximum absolute atomic E-state index is 5.86. The molecule has 0 amide bonds. The van der Waals surface area contributed by atoms with Gasteiger partial charge >= 0.3 is 0 Å². The predicted octanol–water partition coefficient (Wildman–Crippen LogP) is 3.45. The Labute approximate surface area is 104 Å². The minimum atomic E-state index is 0.532. The van der Waals surface area contributed by atoms with Gasteiger partial charge in [0.05, 0.1) is 0 Å². The first-order chi connectivity index (χ1) is 8.29. The van der Waals surface area contributed by atoms with Crippen molar-refractivity contribution < 1.29 is 0 Å². The lowest BCUT2D eigenvalue weighted by Crippen LogP contribution is -2.10. The van der Waals surface area contributed by atoms with E-state index < -0.39 is 0 Å². The molecule has 1 fully saturated rings. The maximum atomic E-state index is 5.86. The molecule has 1 aromatic rings.